The molecule has 0 unspecified atom stereocenters. The highest BCUT2D eigenvalue weighted by Gasteiger charge is 2.07. The van der Waals surface area contributed by atoms with Crippen LogP contribution < -0.4 is 11.3 Å². The Bertz CT molecular complexity index is 592. The lowest BCUT2D eigenvalue weighted by molar-refractivity contribution is 0.475. The van der Waals surface area contributed by atoms with E-state index in [1.807, 2.05) is 0 Å². The van der Waals surface area contributed by atoms with Crippen molar-refractivity contribution in [3.8, 4) is 5.75 Å². The Labute approximate surface area is 90.5 Å². The summed E-state index contributed by atoms with van der Waals surface area (Å²) in [5.74, 6) is -0.781. The van der Waals surface area contributed by atoms with Crippen LogP contribution in [0.4, 0.5) is 4.39 Å². The van der Waals surface area contributed by atoms with Crippen LogP contribution in [0.1, 0.15) is 5.56 Å². The lowest BCUT2D eigenvalue weighted by Gasteiger charge is -2.04. The molecule has 0 spiro atoms. The third kappa shape index (κ3) is 1.77. The first-order valence-electron chi connectivity index (χ1n) is 4.86. The summed E-state index contributed by atoms with van der Waals surface area (Å²) in [5, 5.41) is 9.96. The number of aromatic nitrogens is 1. The van der Waals surface area contributed by atoms with Crippen molar-refractivity contribution in [1.82, 2.24) is 4.98 Å². The molecule has 84 valence electrons. The number of benzene rings is 1. The van der Waals surface area contributed by atoms with Crippen LogP contribution in [0.2, 0.25) is 0 Å². The van der Waals surface area contributed by atoms with Gasteiger partial charge in [0.25, 0.3) is 5.56 Å². The second kappa shape index (κ2) is 3.94. The van der Waals surface area contributed by atoms with Gasteiger partial charge >= 0.3 is 0 Å². The van der Waals surface area contributed by atoms with Gasteiger partial charge in [-0.25, -0.2) is 4.39 Å². The van der Waals surface area contributed by atoms with Gasteiger partial charge in [-0.15, -0.1) is 0 Å². The average Bonchev–Trinajstić information content (AvgIpc) is 2.20. The topological polar surface area (TPSA) is 79.1 Å². The second-order valence-corrected chi connectivity index (χ2v) is 3.55. The largest absolute Gasteiger partial charge is 0.507 e. The highest BCUT2D eigenvalue weighted by atomic mass is 19.1. The fourth-order valence-electron chi connectivity index (χ4n) is 1.64. The zero-order chi connectivity index (χ0) is 11.7. The molecule has 1 heterocycles. The van der Waals surface area contributed by atoms with Gasteiger partial charge in [0.15, 0.2) is 0 Å². The van der Waals surface area contributed by atoms with Crippen LogP contribution in [0.5, 0.6) is 5.75 Å². The number of rotatable bonds is 2. The molecular formula is C11H11FN2O2. The van der Waals surface area contributed by atoms with Gasteiger partial charge < -0.3 is 15.8 Å². The van der Waals surface area contributed by atoms with Crippen LogP contribution in [0.15, 0.2) is 23.0 Å². The lowest BCUT2D eigenvalue weighted by Crippen LogP contribution is -2.16. The molecule has 2 aromatic rings. The predicted octanol–water partition coefficient (Wildman–Crippen LogP) is 0.874. The molecule has 0 bridgehead atoms. The summed E-state index contributed by atoms with van der Waals surface area (Å²) in [4.78, 5) is 14.0. The van der Waals surface area contributed by atoms with E-state index in [-0.39, 0.29) is 16.8 Å². The number of hydrogen-bond donors (Lipinski definition) is 3. The van der Waals surface area contributed by atoms with E-state index in [0.29, 0.717) is 23.9 Å². The number of phenols is 1. The standard InChI is InChI=1S/C11H11FN2O2/c12-7-4-9-8(10(15)5-7)3-6(1-2-13)11(16)14-9/h3-5,15H,1-2,13H2,(H,14,16). The molecule has 0 saturated heterocycles. The van der Waals surface area contributed by atoms with Crippen LogP contribution >= 0.6 is 0 Å². The van der Waals surface area contributed by atoms with Crippen molar-refractivity contribution >= 4 is 10.9 Å². The number of fused-ring (bicyclic) bond motifs is 1. The molecule has 0 amide bonds. The number of pyridine rings is 1. The Morgan fingerprint density at radius 1 is 1.38 bits per heavy atom. The molecule has 1 aromatic heterocycles. The highest BCUT2D eigenvalue weighted by Crippen LogP contribution is 2.24. The van der Waals surface area contributed by atoms with Crippen LogP contribution in [0.25, 0.3) is 10.9 Å². The fourth-order valence-corrected chi connectivity index (χ4v) is 1.64. The van der Waals surface area contributed by atoms with Gasteiger partial charge in [-0.2, -0.15) is 0 Å². The summed E-state index contributed by atoms with van der Waals surface area (Å²) in [6.07, 6.45) is 0.419. The van der Waals surface area contributed by atoms with E-state index in [2.05, 4.69) is 4.98 Å². The minimum atomic E-state index is -0.591. The first-order chi connectivity index (χ1) is 7.61. The van der Waals surface area contributed by atoms with E-state index in [0.717, 1.165) is 6.07 Å². The summed E-state index contributed by atoms with van der Waals surface area (Å²) in [7, 11) is 0. The van der Waals surface area contributed by atoms with Crippen molar-refractivity contribution in [3.63, 3.8) is 0 Å². The quantitative estimate of drug-likeness (QED) is 0.705. The van der Waals surface area contributed by atoms with Gasteiger partial charge in [0.05, 0.1) is 5.52 Å². The highest BCUT2D eigenvalue weighted by molar-refractivity contribution is 5.85. The molecule has 0 aliphatic heterocycles. The lowest BCUT2D eigenvalue weighted by atomic mass is 10.1. The Morgan fingerprint density at radius 3 is 2.81 bits per heavy atom. The average molecular weight is 222 g/mol. The summed E-state index contributed by atoms with van der Waals surface area (Å²) < 4.78 is 13.0. The zero-order valence-corrected chi connectivity index (χ0v) is 8.46. The van der Waals surface area contributed by atoms with Gasteiger partial charge in [-0.3, -0.25) is 4.79 Å². The maximum absolute atomic E-state index is 13.0. The first kappa shape index (κ1) is 10.6. The molecule has 2 rings (SSSR count). The maximum atomic E-state index is 13.0. The normalized spacial score (nSPS) is 10.9. The van der Waals surface area contributed by atoms with Crippen LogP contribution in [0, 0.1) is 5.82 Å². The van der Waals surface area contributed by atoms with Crippen LogP contribution in [0.3, 0.4) is 0 Å². The van der Waals surface area contributed by atoms with Gasteiger partial charge in [0, 0.05) is 17.0 Å². The molecule has 0 radical (unpaired) electrons. The number of hydrogen-bond acceptors (Lipinski definition) is 3. The minimum absolute atomic E-state index is 0.190. The second-order valence-electron chi connectivity index (χ2n) is 3.55. The minimum Gasteiger partial charge on any atom is -0.507 e. The molecule has 0 fully saturated rings. The summed E-state index contributed by atoms with van der Waals surface area (Å²) >= 11 is 0. The monoisotopic (exact) mass is 222 g/mol. The summed E-state index contributed by atoms with van der Waals surface area (Å²) in [6, 6.07) is 3.71. The first-order valence-corrected chi connectivity index (χ1v) is 4.86. The van der Waals surface area contributed by atoms with E-state index < -0.39 is 5.82 Å². The van der Waals surface area contributed by atoms with Crippen molar-refractivity contribution in [3.05, 3.63) is 39.9 Å². The SMILES string of the molecule is NCCc1cc2c(O)cc(F)cc2[nH]c1=O. The summed E-state index contributed by atoms with van der Waals surface area (Å²) in [6.45, 7) is 0.344. The molecule has 1 aromatic carbocycles. The van der Waals surface area contributed by atoms with E-state index >= 15 is 0 Å². The molecule has 16 heavy (non-hydrogen) atoms. The molecule has 0 atom stereocenters. The number of H-pyrrole nitrogens is 1. The zero-order valence-electron chi connectivity index (χ0n) is 8.46. The number of nitrogens with two attached hydrogens (primary N) is 1. The van der Waals surface area contributed by atoms with Crippen molar-refractivity contribution in [1.29, 1.82) is 0 Å². The van der Waals surface area contributed by atoms with Gasteiger partial charge in [-0.1, -0.05) is 0 Å². The summed E-state index contributed by atoms with van der Waals surface area (Å²) in [5.41, 5.74) is 5.82. The Hall–Kier alpha value is -1.88. The third-order valence-corrected chi connectivity index (χ3v) is 2.40. The van der Waals surface area contributed by atoms with Gasteiger partial charge in [0.1, 0.15) is 11.6 Å². The molecular weight excluding hydrogens is 211 g/mol. The Kier molecular flexibility index (Phi) is 2.62. The third-order valence-electron chi connectivity index (χ3n) is 2.40. The Morgan fingerprint density at radius 2 is 2.12 bits per heavy atom. The number of aromatic amines is 1. The molecule has 5 heteroatoms. The van der Waals surface area contributed by atoms with Gasteiger partial charge in [0.2, 0.25) is 0 Å². The van der Waals surface area contributed by atoms with Crippen molar-refractivity contribution in [2.24, 2.45) is 5.73 Å². The van der Waals surface area contributed by atoms with E-state index in [4.69, 9.17) is 5.73 Å². The number of aromatic hydroxyl groups is 1. The molecule has 0 saturated carbocycles. The van der Waals surface area contributed by atoms with Crippen molar-refractivity contribution in [2.45, 2.75) is 6.42 Å². The smallest absolute Gasteiger partial charge is 0.251 e. The van der Waals surface area contributed by atoms with E-state index in [9.17, 15) is 14.3 Å². The van der Waals surface area contributed by atoms with Crippen molar-refractivity contribution in [2.75, 3.05) is 6.54 Å². The molecule has 0 aliphatic carbocycles. The van der Waals surface area contributed by atoms with Crippen molar-refractivity contribution < 1.29 is 9.50 Å². The van der Waals surface area contributed by atoms with Crippen LogP contribution in [-0.2, 0) is 6.42 Å². The Balaban J connectivity index is 2.74. The molecule has 4 nitrogen and oxygen atoms in total. The fraction of sp³-hybridized carbons (Fsp3) is 0.182. The predicted molar refractivity (Wildman–Crippen MR) is 58.9 cm³/mol. The molecule has 4 N–H and O–H groups in total. The van der Waals surface area contributed by atoms with Crippen LogP contribution in [-0.4, -0.2) is 16.6 Å². The number of nitrogens with one attached hydrogen (secondary N) is 1. The maximum Gasteiger partial charge on any atom is 0.251 e. The van der Waals surface area contributed by atoms with Gasteiger partial charge in [-0.05, 0) is 25.1 Å². The molecule has 0 aliphatic rings. The number of phenolic OH excluding ortho intramolecular Hbond substituents is 1. The van der Waals surface area contributed by atoms with E-state index in [1.54, 1.807) is 0 Å². The van der Waals surface area contributed by atoms with E-state index in [1.165, 1.54) is 12.1 Å². The number of halogens is 1.